The third-order valence-electron chi connectivity index (χ3n) is 6.33. The molecule has 0 radical (unpaired) electrons. The van der Waals surface area contributed by atoms with Crippen molar-refractivity contribution in [3.63, 3.8) is 0 Å². The van der Waals surface area contributed by atoms with Crippen molar-refractivity contribution >= 4 is 17.8 Å². The highest BCUT2D eigenvalue weighted by molar-refractivity contribution is 5.88. The van der Waals surface area contributed by atoms with Gasteiger partial charge in [0.15, 0.2) is 0 Å². The fourth-order valence-electron chi connectivity index (χ4n) is 4.89. The van der Waals surface area contributed by atoms with Crippen LogP contribution in [0.2, 0.25) is 0 Å². The molecule has 1 heterocycles. The molecule has 1 amide bonds. The van der Waals surface area contributed by atoms with Gasteiger partial charge in [-0.25, -0.2) is 4.79 Å². The summed E-state index contributed by atoms with van der Waals surface area (Å²) in [5.74, 6) is -1.31. The van der Waals surface area contributed by atoms with E-state index in [4.69, 9.17) is 4.74 Å². The van der Waals surface area contributed by atoms with Crippen molar-refractivity contribution in [2.24, 2.45) is 5.92 Å². The number of carbonyl (C=O) groups is 3. The molecule has 1 saturated carbocycles. The molecule has 31 heavy (non-hydrogen) atoms. The number of benzene rings is 1. The Morgan fingerprint density at radius 1 is 1.23 bits per heavy atom. The molecule has 1 aromatic rings. The van der Waals surface area contributed by atoms with Crippen molar-refractivity contribution in [3.8, 4) is 0 Å². The zero-order valence-electron chi connectivity index (χ0n) is 18.5. The van der Waals surface area contributed by atoms with Crippen LogP contribution in [0, 0.1) is 5.92 Å². The van der Waals surface area contributed by atoms with E-state index in [0.29, 0.717) is 19.3 Å². The van der Waals surface area contributed by atoms with E-state index in [2.05, 4.69) is 5.32 Å². The SMILES string of the molecule is CCOC(=O)[C@H](CCc1ccccc1)N[C@@H](C)C(=O)N1[C@H](C(=O)O)C[C@@H]2CCC[C@@H]21.N. The topological polar surface area (TPSA) is 131 Å². The fraction of sp³-hybridized carbons (Fsp3) is 0.609. The first-order valence-electron chi connectivity index (χ1n) is 10.9. The molecule has 0 aromatic heterocycles. The number of hydrogen-bond donors (Lipinski definition) is 3. The number of carboxylic acid groups (broad SMARTS) is 1. The van der Waals surface area contributed by atoms with Crippen LogP contribution >= 0.6 is 0 Å². The second kappa shape index (κ2) is 11.2. The highest BCUT2D eigenvalue weighted by Crippen LogP contribution is 2.41. The minimum Gasteiger partial charge on any atom is -0.480 e. The molecule has 8 heteroatoms. The van der Waals surface area contributed by atoms with Crippen LogP contribution in [0.25, 0.3) is 0 Å². The van der Waals surface area contributed by atoms with Gasteiger partial charge in [0.25, 0.3) is 0 Å². The number of likely N-dealkylation sites (tertiary alicyclic amines) is 1. The Kier molecular flexibility index (Phi) is 9.00. The van der Waals surface area contributed by atoms with Crippen molar-refractivity contribution in [1.29, 1.82) is 0 Å². The van der Waals surface area contributed by atoms with Crippen LogP contribution in [-0.2, 0) is 25.5 Å². The number of esters is 1. The molecule has 8 nitrogen and oxygen atoms in total. The summed E-state index contributed by atoms with van der Waals surface area (Å²) in [7, 11) is 0. The second-order valence-corrected chi connectivity index (χ2v) is 8.31. The van der Waals surface area contributed by atoms with Gasteiger partial charge in [0.1, 0.15) is 12.1 Å². The zero-order chi connectivity index (χ0) is 21.7. The summed E-state index contributed by atoms with van der Waals surface area (Å²) < 4.78 is 5.21. The maximum absolute atomic E-state index is 13.2. The van der Waals surface area contributed by atoms with Crippen LogP contribution in [0.15, 0.2) is 30.3 Å². The lowest BCUT2D eigenvalue weighted by atomic mass is 10.0. The van der Waals surface area contributed by atoms with Crippen molar-refractivity contribution in [2.45, 2.75) is 76.5 Å². The number of hydrogen-bond acceptors (Lipinski definition) is 6. The third-order valence-corrected chi connectivity index (χ3v) is 6.33. The maximum atomic E-state index is 13.2. The predicted molar refractivity (Wildman–Crippen MR) is 117 cm³/mol. The average molecular weight is 434 g/mol. The predicted octanol–water partition coefficient (Wildman–Crippen LogP) is 2.55. The maximum Gasteiger partial charge on any atom is 0.326 e. The number of nitrogens with one attached hydrogen (secondary N) is 1. The Hall–Kier alpha value is -2.45. The van der Waals surface area contributed by atoms with Gasteiger partial charge in [-0.1, -0.05) is 36.8 Å². The monoisotopic (exact) mass is 433 g/mol. The molecule has 3 rings (SSSR count). The summed E-state index contributed by atoms with van der Waals surface area (Å²) in [5, 5.41) is 12.8. The van der Waals surface area contributed by atoms with Gasteiger partial charge in [-0.15, -0.1) is 0 Å². The molecule has 1 saturated heterocycles. The Labute approximate surface area is 183 Å². The minimum absolute atomic E-state index is 0. The van der Waals surface area contributed by atoms with Gasteiger partial charge in [0.2, 0.25) is 5.91 Å². The molecule has 5 N–H and O–H groups in total. The van der Waals surface area contributed by atoms with Crippen molar-refractivity contribution in [1.82, 2.24) is 16.4 Å². The Balaban J connectivity index is 0.00000341. The standard InChI is InChI=1S/C23H32N2O5.H3N/c1-3-30-23(29)18(13-12-16-8-5-4-6-9-16)24-15(2)21(26)25-19-11-7-10-17(19)14-20(25)22(27)28;/h4-6,8-9,15,17-20,24H,3,7,10-14H2,1-2H3,(H,27,28);1H3/t15-,17-,18-,19-,20-;/m0./s1. The normalized spacial score (nSPS) is 24.1. The lowest BCUT2D eigenvalue weighted by Gasteiger charge is -2.31. The van der Waals surface area contributed by atoms with E-state index in [9.17, 15) is 19.5 Å². The number of rotatable bonds is 9. The van der Waals surface area contributed by atoms with Gasteiger partial charge in [0.05, 0.1) is 12.6 Å². The van der Waals surface area contributed by atoms with Gasteiger partial charge in [-0.3, -0.25) is 14.9 Å². The lowest BCUT2D eigenvalue weighted by Crippen LogP contribution is -2.55. The number of carbonyl (C=O) groups excluding carboxylic acids is 2. The van der Waals surface area contributed by atoms with E-state index in [0.717, 1.165) is 24.8 Å². The molecule has 2 fully saturated rings. The summed E-state index contributed by atoms with van der Waals surface area (Å²) >= 11 is 0. The molecule has 5 atom stereocenters. The number of fused-ring (bicyclic) bond motifs is 1. The fourth-order valence-corrected chi connectivity index (χ4v) is 4.89. The molecular weight excluding hydrogens is 398 g/mol. The molecule has 2 aliphatic rings. The number of aliphatic carboxylic acids is 1. The highest BCUT2D eigenvalue weighted by Gasteiger charge is 2.49. The van der Waals surface area contributed by atoms with E-state index in [1.165, 1.54) is 0 Å². The van der Waals surface area contributed by atoms with Crippen LogP contribution < -0.4 is 11.5 Å². The summed E-state index contributed by atoms with van der Waals surface area (Å²) in [4.78, 5) is 39.1. The second-order valence-electron chi connectivity index (χ2n) is 8.31. The third kappa shape index (κ3) is 5.83. The highest BCUT2D eigenvalue weighted by atomic mass is 16.5. The summed E-state index contributed by atoms with van der Waals surface area (Å²) in [5.41, 5.74) is 1.10. The van der Waals surface area contributed by atoms with Gasteiger partial charge in [0, 0.05) is 6.04 Å². The van der Waals surface area contributed by atoms with E-state index in [-0.39, 0.29) is 36.6 Å². The van der Waals surface area contributed by atoms with E-state index in [1.807, 2.05) is 30.3 Å². The first-order valence-corrected chi connectivity index (χ1v) is 10.9. The van der Waals surface area contributed by atoms with Gasteiger partial charge >= 0.3 is 11.9 Å². The van der Waals surface area contributed by atoms with Crippen molar-refractivity contribution < 1.29 is 24.2 Å². The Morgan fingerprint density at radius 2 is 1.94 bits per heavy atom. The Morgan fingerprint density at radius 3 is 2.58 bits per heavy atom. The molecule has 172 valence electrons. The first kappa shape index (κ1) is 24.8. The summed E-state index contributed by atoms with van der Waals surface area (Å²) in [6, 6.07) is 7.76. The molecule has 0 spiro atoms. The van der Waals surface area contributed by atoms with E-state index < -0.39 is 24.1 Å². The van der Waals surface area contributed by atoms with Crippen LogP contribution in [0.4, 0.5) is 0 Å². The first-order chi connectivity index (χ1) is 14.4. The summed E-state index contributed by atoms with van der Waals surface area (Å²) in [6.07, 6.45) is 4.54. The quantitative estimate of drug-likeness (QED) is 0.510. The van der Waals surface area contributed by atoms with E-state index in [1.54, 1.807) is 18.7 Å². The van der Waals surface area contributed by atoms with Crippen LogP contribution in [0.3, 0.4) is 0 Å². The molecule has 1 aliphatic carbocycles. The number of aryl methyl sites for hydroxylation is 1. The van der Waals surface area contributed by atoms with Crippen LogP contribution in [0.1, 0.15) is 51.5 Å². The van der Waals surface area contributed by atoms with Crippen LogP contribution in [0.5, 0.6) is 0 Å². The van der Waals surface area contributed by atoms with Gasteiger partial charge in [-0.05, 0) is 57.4 Å². The molecular formula is C23H35N3O5. The Bertz CT molecular complexity index is 757. The van der Waals surface area contributed by atoms with Crippen LogP contribution in [-0.4, -0.2) is 58.6 Å². The van der Waals surface area contributed by atoms with E-state index >= 15 is 0 Å². The summed E-state index contributed by atoms with van der Waals surface area (Å²) in [6.45, 7) is 3.72. The van der Waals surface area contributed by atoms with Gasteiger partial charge < -0.3 is 20.9 Å². The lowest BCUT2D eigenvalue weighted by molar-refractivity contribution is -0.151. The smallest absolute Gasteiger partial charge is 0.326 e. The molecule has 1 aliphatic heterocycles. The van der Waals surface area contributed by atoms with Crippen molar-refractivity contribution in [2.75, 3.05) is 6.61 Å². The number of carboxylic acids is 1. The molecule has 1 aromatic carbocycles. The zero-order valence-corrected chi connectivity index (χ0v) is 18.5. The number of ether oxygens (including phenoxy) is 1. The number of nitrogens with zero attached hydrogens (tertiary/aromatic N) is 1. The molecule has 0 bridgehead atoms. The van der Waals surface area contributed by atoms with Crippen molar-refractivity contribution in [3.05, 3.63) is 35.9 Å². The average Bonchev–Trinajstić information content (AvgIpc) is 3.32. The number of amides is 1. The minimum atomic E-state index is -0.948. The molecule has 0 unspecified atom stereocenters. The largest absolute Gasteiger partial charge is 0.480 e. The van der Waals surface area contributed by atoms with Gasteiger partial charge in [-0.2, -0.15) is 0 Å².